The largest absolute Gasteiger partial charge is 0.394 e. The summed E-state index contributed by atoms with van der Waals surface area (Å²) < 4.78 is 0.528. The molecule has 0 unspecified atom stereocenters. The fraction of sp³-hybridized carbons (Fsp3) is 0.800. The third-order valence-corrected chi connectivity index (χ3v) is 0.968. The Bertz CT molecular complexity index is 97.7. The molecular formula is C5H11Cl2NO3. The highest BCUT2D eigenvalue weighted by Gasteiger charge is 2.01. The van der Waals surface area contributed by atoms with Crippen LogP contribution in [-0.4, -0.2) is 33.3 Å². The maximum absolute atomic E-state index is 10.2. The molecule has 0 aromatic rings. The van der Waals surface area contributed by atoms with Gasteiger partial charge in [-0.25, -0.2) is 0 Å². The third kappa shape index (κ3) is 13.0. The maximum Gasteiger partial charge on any atom is 0.251 e. The third-order valence-electron chi connectivity index (χ3n) is 0.591. The van der Waals surface area contributed by atoms with Gasteiger partial charge in [-0.15, -0.1) is 0 Å². The fourth-order valence-corrected chi connectivity index (χ4v) is 0.359. The summed E-state index contributed by atoms with van der Waals surface area (Å²) in [5, 5.41) is 15.2. The molecule has 0 aliphatic carbocycles. The minimum Gasteiger partial charge on any atom is -0.394 e. The van der Waals surface area contributed by atoms with Gasteiger partial charge >= 0.3 is 0 Å². The average Bonchev–Trinajstić information content (AvgIpc) is 2.03. The number of aliphatic hydroxyl groups is 2. The first-order valence-corrected chi connectivity index (χ1v) is 3.64. The molecule has 0 aromatic heterocycles. The number of amides is 1. The maximum atomic E-state index is 10.2. The van der Waals surface area contributed by atoms with E-state index in [1.54, 1.807) is 6.92 Å². The molecule has 6 heteroatoms. The Kier molecular flexibility index (Phi) is 12.3. The van der Waals surface area contributed by atoms with Gasteiger partial charge in [-0.3, -0.25) is 4.79 Å². The molecule has 2 N–H and O–H groups in total. The summed E-state index contributed by atoms with van der Waals surface area (Å²) in [6.45, 7) is 1.43. The quantitative estimate of drug-likeness (QED) is 0.644. The molecule has 0 atom stereocenters. The highest BCUT2D eigenvalue weighted by atomic mass is 35.5. The van der Waals surface area contributed by atoms with Gasteiger partial charge < -0.3 is 10.2 Å². The van der Waals surface area contributed by atoms with Crippen LogP contribution in [0.3, 0.4) is 0 Å². The van der Waals surface area contributed by atoms with E-state index in [1.807, 2.05) is 0 Å². The Morgan fingerprint density at radius 1 is 1.36 bits per heavy atom. The van der Waals surface area contributed by atoms with Gasteiger partial charge in [0.05, 0.1) is 13.2 Å². The Balaban J connectivity index is 0. The summed E-state index contributed by atoms with van der Waals surface area (Å²) >= 11 is 9.96. The van der Waals surface area contributed by atoms with Crippen molar-refractivity contribution in [2.45, 2.75) is 13.3 Å². The molecule has 4 nitrogen and oxygen atoms in total. The van der Waals surface area contributed by atoms with E-state index in [2.05, 4.69) is 0 Å². The summed E-state index contributed by atoms with van der Waals surface area (Å²) in [6.07, 6.45) is 0.340. The van der Waals surface area contributed by atoms with Crippen LogP contribution in [0.25, 0.3) is 0 Å². The zero-order valence-electron chi connectivity index (χ0n) is 6.13. The number of rotatable bonds is 2. The van der Waals surface area contributed by atoms with E-state index in [-0.39, 0.29) is 19.1 Å². The number of hydrogen-bond acceptors (Lipinski definition) is 3. The van der Waals surface area contributed by atoms with Crippen molar-refractivity contribution in [3.63, 3.8) is 0 Å². The zero-order chi connectivity index (χ0) is 9.28. The van der Waals surface area contributed by atoms with Crippen LogP contribution in [0.5, 0.6) is 0 Å². The van der Waals surface area contributed by atoms with Crippen molar-refractivity contribution in [2.75, 3.05) is 13.2 Å². The van der Waals surface area contributed by atoms with E-state index in [1.165, 1.54) is 0 Å². The molecule has 0 saturated carbocycles. The molecule has 0 heterocycles. The summed E-state index contributed by atoms with van der Waals surface area (Å²) in [6, 6.07) is 0. The molecular weight excluding hydrogens is 193 g/mol. The van der Waals surface area contributed by atoms with Gasteiger partial charge in [-0.2, -0.15) is 3.94 Å². The van der Waals surface area contributed by atoms with Crippen molar-refractivity contribution in [1.82, 2.24) is 3.94 Å². The number of nitrogens with zero attached hydrogens (tertiary/aromatic N) is 1. The number of carbonyl (C=O) groups excluding carboxylic acids is 1. The lowest BCUT2D eigenvalue weighted by molar-refractivity contribution is -0.123. The van der Waals surface area contributed by atoms with Crippen LogP contribution in [0, 0.1) is 0 Å². The van der Waals surface area contributed by atoms with Crippen molar-refractivity contribution >= 4 is 29.5 Å². The van der Waals surface area contributed by atoms with Crippen LogP contribution >= 0.6 is 23.6 Å². The summed E-state index contributed by atoms with van der Waals surface area (Å²) in [7, 11) is 0. The van der Waals surface area contributed by atoms with Gasteiger partial charge in [0.15, 0.2) is 0 Å². The zero-order valence-corrected chi connectivity index (χ0v) is 7.64. The van der Waals surface area contributed by atoms with E-state index in [0.29, 0.717) is 10.4 Å². The lowest BCUT2D eigenvalue weighted by Gasteiger charge is -1.96. The molecule has 0 radical (unpaired) electrons. The topological polar surface area (TPSA) is 60.8 Å². The highest BCUT2D eigenvalue weighted by Crippen LogP contribution is 2.00. The number of aliphatic hydroxyl groups excluding tert-OH is 2. The normalized spacial score (nSPS) is 8.09. The number of carbonyl (C=O) groups is 1. The predicted molar refractivity (Wildman–Crippen MR) is 43.0 cm³/mol. The molecule has 0 spiro atoms. The van der Waals surface area contributed by atoms with Crippen LogP contribution < -0.4 is 0 Å². The Morgan fingerprint density at radius 3 is 1.73 bits per heavy atom. The van der Waals surface area contributed by atoms with Crippen molar-refractivity contribution in [3.8, 4) is 0 Å². The van der Waals surface area contributed by atoms with Gasteiger partial charge in [-0.1, -0.05) is 6.92 Å². The molecule has 0 aliphatic rings. The molecule has 0 fully saturated rings. The van der Waals surface area contributed by atoms with E-state index < -0.39 is 0 Å². The molecule has 0 aliphatic heterocycles. The molecule has 1 amide bonds. The minimum absolute atomic E-state index is 0.125. The van der Waals surface area contributed by atoms with Crippen molar-refractivity contribution in [3.05, 3.63) is 0 Å². The molecule has 0 saturated heterocycles. The second-order valence-electron chi connectivity index (χ2n) is 1.43. The molecule has 0 aromatic carbocycles. The van der Waals surface area contributed by atoms with Gasteiger partial charge in [0.25, 0.3) is 5.91 Å². The van der Waals surface area contributed by atoms with Crippen LogP contribution in [0.2, 0.25) is 0 Å². The first-order chi connectivity index (χ1) is 5.09. The van der Waals surface area contributed by atoms with Gasteiger partial charge in [-0.05, 0) is 0 Å². The van der Waals surface area contributed by atoms with Crippen LogP contribution in [0.15, 0.2) is 0 Å². The second-order valence-corrected chi connectivity index (χ2v) is 2.28. The molecule has 68 valence electrons. The first-order valence-electron chi connectivity index (χ1n) is 2.96. The van der Waals surface area contributed by atoms with Crippen molar-refractivity contribution < 1.29 is 15.0 Å². The summed E-state index contributed by atoms with van der Waals surface area (Å²) in [4.78, 5) is 10.2. The fourth-order valence-electron chi connectivity index (χ4n) is 0.120. The van der Waals surface area contributed by atoms with E-state index >= 15 is 0 Å². The SMILES string of the molecule is CCC(=O)N(Cl)Cl.OCCO. The van der Waals surface area contributed by atoms with E-state index in [9.17, 15) is 4.79 Å². The average molecular weight is 204 g/mol. The first kappa shape index (κ1) is 13.6. The van der Waals surface area contributed by atoms with Crippen LogP contribution in [0.1, 0.15) is 13.3 Å². The number of hydrogen-bond donors (Lipinski definition) is 2. The minimum atomic E-state index is -0.289. The standard InChI is InChI=1S/C3H5Cl2NO.C2H6O2/c1-2-3(7)6(4)5;3-1-2-4/h2H2,1H3;3-4H,1-2H2. The van der Waals surface area contributed by atoms with Gasteiger partial charge in [0.2, 0.25) is 0 Å². The van der Waals surface area contributed by atoms with Crippen molar-refractivity contribution in [2.24, 2.45) is 0 Å². The second kappa shape index (κ2) is 9.97. The molecule has 0 rings (SSSR count). The van der Waals surface area contributed by atoms with Gasteiger partial charge in [0.1, 0.15) is 0 Å². The van der Waals surface area contributed by atoms with Crippen LogP contribution in [0.4, 0.5) is 0 Å². The lowest BCUT2D eigenvalue weighted by Crippen LogP contribution is -2.07. The monoisotopic (exact) mass is 203 g/mol. The van der Waals surface area contributed by atoms with Gasteiger partial charge in [0, 0.05) is 30.0 Å². The summed E-state index contributed by atoms with van der Waals surface area (Å²) in [5.41, 5.74) is 0. The molecule has 11 heavy (non-hydrogen) atoms. The Morgan fingerprint density at radius 2 is 1.73 bits per heavy atom. The highest BCUT2D eigenvalue weighted by molar-refractivity contribution is 6.41. The lowest BCUT2D eigenvalue weighted by atomic mass is 10.5. The van der Waals surface area contributed by atoms with Crippen LogP contribution in [-0.2, 0) is 4.79 Å². The van der Waals surface area contributed by atoms with E-state index in [4.69, 9.17) is 33.8 Å². The van der Waals surface area contributed by atoms with E-state index in [0.717, 1.165) is 0 Å². The Labute approximate surface area is 75.5 Å². The molecule has 0 bridgehead atoms. The van der Waals surface area contributed by atoms with Crippen molar-refractivity contribution in [1.29, 1.82) is 0 Å². The number of halogens is 2. The predicted octanol–water partition coefficient (Wildman–Crippen LogP) is 0.504. The Hall–Kier alpha value is -0.0300. The smallest absolute Gasteiger partial charge is 0.251 e. The summed E-state index contributed by atoms with van der Waals surface area (Å²) in [5.74, 6) is -0.289.